The maximum atomic E-state index is 13.4. The predicted octanol–water partition coefficient (Wildman–Crippen LogP) is 3.92. The van der Waals surface area contributed by atoms with Gasteiger partial charge in [-0.05, 0) is 62.4 Å². The second-order valence-electron chi connectivity index (χ2n) is 8.48. The monoisotopic (exact) mass is 462 g/mol. The van der Waals surface area contributed by atoms with Crippen LogP contribution in [0.1, 0.15) is 39.7 Å². The van der Waals surface area contributed by atoms with Crippen LogP contribution in [0.5, 0.6) is 0 Å². The van der Waals surface area contributed by atoms with E-state index in [0.29, 0.717) is 5.69 Å². The summed E-state index contributed by atoms with van der Waals surface area (Å²) in [6, 6.07) is 14.2. The van der Waals surface area contributed by atoms with Gasteiger partial charge in [-0.1, -0.05) is 44.2 Å². The van der Waals surface area contributed by atoms with Gasteiger partial charge < -0.3 is 4.90 Å². The van der Waals surface area contributed by atoms with Gasteiger partial charge in [-0.3, -0.25) is 14.3 Å². The summed E-state index contributed by atoms with van der Waals surface area (Å²) in [4.78, 5) is 27.8. The van der Waals surface area contributed by atoms with E-state index >= 15 is 0 Å². The number of hydrogen-bond donors (Lipinski definition) is 1. The number of sulfonamides is 1. The number of rotatable bonds is 10. The van der Waals surface area contributed by atoms with Gasteiger partial charge in [0.15, 0.2) is 0 Å². The number of nitrogens with one attached hydrogen (secondary N) is 1. The predicted molar refractivity (Wildman–Crippen MR) is 124 cm³/mol. The van der Waals surface area contributed by atoms with E-state index in [1.54, 1.807) is 13.8 Å². The fraction of sp³-hybridized carbons (Fsp3) is 0.417. The molecule has 0 heterocycles. The van der Waals surface area contributed by atoms with Crippen LogP contribution in [0.15, 0.2) is 54.6 Å². The fourth-order valence-electron chi connectivity index (χ4n) is 3.41. The lowest BCUT2D eigenvalue weighted by molar-refractivity contribution is -0.133. The highest BCUT2D eigenvalue weighted by molar-refractivity contribution is 7.90. The third kappa shape index (κ3) is 7.44. The first kappa shape index (κ1) is 25.5. The molecule has 1 atom stereocenters. The topological polar surface area (TPSA) is 83.5 Å². The van der Waals surface area contributed by atoms with Gasteiger partial charge in [0.1, 0.15) is 11.7 Å². The Morgan fingerprint density at radius 1 is 0.969 bits per heavy atom. The summed E-state index contributed by atoms with van der Waals surface area (Å²) in [7, 11) is -3.93. The fourth-order valence-corrected chi connectivity index (χ4v) is 4.47. The third-order valence-electron chi connectivity index (χ3n) is 4.94. The number of hydrogen-bond acceptors (Lipinski definition) is 4. The van der Waals surface area contributed by atoms with Gasteiger partial charge >= 0.3 is 0 Å². The quantitative estimate of drug-likeness (QED) is 0.543. The maximum Gasteiger partial charge on any atom is 0.246 e. The Hall–Kier alpha value is -2.74. The zero-order valence-corrected chi connectivity index (χ0v) is 19.7. The van der Waals surface area contributed by atoms with Crippen LogP contribution in [0.2, 0.25) is 0 Å². The molecule has 0 aliphatic rings. The number of carbonyl (C=O) groups is 2. The highest BCUT2D eigenvalue weighted by Crippen LogP contribution is 2.24. The molecule has 32 heavy (non-hydrogen) atoms. The lowest BCUT2D eigenvalue weighted by atomic mass is 9.94. The maximum absolute atomic E-state index is 13.4. The van der Waals surface area contributed by atoms with Crippen LogP contribution in [0.25, 0.3) is 0 Å². The van der Waals surface area contributed by atoms with Gasteiger partial charge in [-0.25, -0.2) is 12.8 Å². The van der Waals surface area contributed by atoms with E-state index in [4.69, 9.17) is 0 Å². The molecule has 0 aromatic heterocycles. The van der Waals surface area contributed by atoms with Gasteiger partial charge in [-0.15, -0.1) is 0 Å². The Labute approximate surface area is 189 Å². The summed E-state index contributed by atoms with van der Waals surface area (Å²) in [5.41, 5.74) is 1.28. The number of nitrogens with zero attached hydrogens (tertiary/aromatic N) is 1. The molecule has 0 fully saturated rings. The minimum Gasteiger partial charge on any atom is -0.309 e. The van der Waals surface area contributed by atoms with Crippen molar-refractivity contribution in [2.75, 3.05) is 10.7 Å². The smallest absolute Gasteiger partial charge is 0.246 e. The lowest BCUT2D eigenvalue weighted by Gasteiger charge is -2.31. The summed E-state index contributed by atoms with van der Waals surface area (Å²) in [6.45, 7) is 7.27. The second kappa shape index (κ2) is 11.2. The molecule has 1 N–H and O–H groups in total. The van der Waals surface area contributed by atoms with E-state index in [-0.39, 0.29) is 30.6 Å². The molecule has 2 rings (SSSR count). The van der Waals surface area contributed by atoms with Crippen molar-refractivity contribution in [3.8, 4) is 0 Å². The highest BCUT2D eigenvalue weighted by Gasteiger charge is 2.35. The Bertz CT molecular complexity index is 1010. The average Bonchev–Trinajstić information content (AvgIpc) is 2.72. The van der Waals surface area contributed by atoms with Crippen molar-refractivity contribution >= 4 is 27.5 Å². The van der Waals surface area contributed by atoms with E-state index < -0.39 is 33.6 Å². The normalized spacial score (nSPS) is 12.6. The SMILES string of the molecule is CC(C)CC(C(=O)NS(=O)(=O)CCc1ccccc1)C(=O)N(c1ccc(F)cc1)C(C)C. The Balaban J connectivity index is 2.21. The summed E-state index contributed by atoms with van der Waals surface area (Å²) in [5, 5.41) is 0. The van der Waals surface area contributed by atoms with E-state index in [0.717, 1.165) is 5.56 Å². The van der Waals surface area contributed by atoms with Crippen molar-refractivity contribution in [1.29, 1.82) is 0 Å². The van der Waals surface area contributed by atoms with Crippen molar-refractivity contribution < 1.29 is 22.4 Å². The molecule has 0 saturated heterocycles. The van der Waals surface area contributed by atoms with Crippen LogP contribution in [-0.4, -0.2) is 32.0 Å². The van der Waals surface area contributed by atoms with Crippen molar-refractivity contribution in [1.82, 2.24) is 4.72 Å². The largest absolute Gasteiger partial charge is 0.309 e. The first-order valence-electron chi connectivity index (χ1n) is 10.7. The molecular formula is C24H31FN2O4S. The molecular weight excluding hydrogens is 431 g/mol. The Morgan fingerprint density at radius 3 is 2.09 bits per heavy atom. The van der Waals surface area contributed by atoms with Crippen LogP contribution in [0.4, 0.5) is 10.1 Å². The molecule has 0 radical (unpaired) electrons. The second-order valence-corrected chi connectivity index (χ2v) is 10.3. The molecule has 1 unspecified atom stereocenters. The molecule has 0 saturated carbocycles. The molecule has 0 aliphatic carbocycles. The van der Waals surface area contributed by atoms with Crippen LogP contribution in [0.3, 0.4) is 0 Å². The van der Waals surface area contributed by atoms with Crippen molar-refractivity contribution in [2.24, 2.45) is 11.8 Å². The molecule has 174 valence electrons. The molecule has 0 bridgehead atoms. The van der Waals surface area contributed by atoms with Crippen LogP contribution < -0.4 is 9.62 Å². The Morgan fingerprint density at radius 2 is 1.56 bits per heavy atom. The summed E-state index contributed by atoms with van der Waals surface area (Å²) >= 11 is 0. The van der Waals surface area contributed by atoms with Gasteiger partial charge in [-0.2, -0.15) is 0 Å². The van der Waals surface area contributed by atoms with Gasteiger partial charge in [0.25, 0.3) is 0 Å². The van der Waals surface area contributed by atoms with Crippen LogP contribution >= 0.6 is 0 Å². The van der Waals surface area contributed by atoms with Crippen molar-refractivity contribution in [2.45, 2.75) is 46.6 Å². The van der Waals surface area contributed by atoms with E-state index in [9.17, 15) is 22.4 Å². The van der Waals surface area contributed by atoms with Crippen molar-refractivity contribution in [3.63, 3.8) is 0 Å². The summed E-state index contributed by atoms with van der Waals surface area (Å²) in [5.74, 6) is -3.28. The number of amides is 2. The number of halogens is 1. The summed E-state index contributed by atoms with van der Waals surface area (Å²) in [6.07, 6.45) is 0.434. The summed E-state index contributed by atoms with van der Waals surface area (Å²) < 4.78 is 40.5. The zero-order chi connectivity index (χ0) is 23.9. The Kier molecular flexibility index (Phi) is 8.95. The molecule has 2 aromatic carbocycles. The zero-order valence-electron chi connectivity index (χ0n) is 18.9. The minimum atomic E-state index is -3.93. The molecule has 2 amide bonds. The molecule has 8 heteroatoms. The van der Waals surface area contributed by atoms with E-state index in [2.05, 4.69) is 4.72 Å². The molecule has 2 aromatic rings. The molecule has 6 nitrogen and oxygen atoms in total. The van der Waals surface area contributed by atoms with E-state index in [1.165, 1.54) is 29.2 Å². The third-order valence-corrected chi connectivity index (χ3v) is 6.19. The number of carbonyl (C=O) groups excluding carboxylic acids is 2. The first-order valence-corrected chi connectivity index (χ1v) is 12.3. The average molecular weight is 463 g/mol. The molecule has 0 spiro atoms. The van der Waals surface area contributed by atoms with Crippen LogP contribution in [0, 0.1) is 17.7 Å². The van der Waals surface area contributed by atoms with Gasteiger partial charge in [0.2, 0.25) is 21.8 Å². The van der Waals surface area contributed by atoms with Gasteiger partial charge in [0, 0.05) is 11.7 Å². The van der Waals surface area contributed by atoms with Crippen molar-refractivity contribution in [3.05, 3.63) is 66.0 Å². The lowest BCUT2D eigenvalue weighted by Crippen LogP contribution is -2.48. The highest BCUT2D eigenvalue weighted by atomic mass is 32.2. The molecule has 0 aliphatic heterocycles. The van der Waals surface area contributed by atoms with Crippen LogP contribution in [-0.2, 0) is 26.0 Å². The number of aryl methyl sites for hydroxylation is 1. The minimum absolute atomic E-state index is 0.0241. The number of benzene rings is 2. The van der Waals surface area contributed by atoms with E-state index in [1.807, 2.05) is 44.2 Å². The van der Waals surface area contributed by atoms with Gasteiger partial charge in [0.05, 0.1) is 5.75 Å². The number of anilines is 1. The standard InChI is InChI=1S/C24H31FN2O4S/c1-17(2)16-22(24(29)27(18(3)4)21-12-10-20(25)11-13-21)23(28)26-32(30,31)15-14-19-8-6-5-7-9-19/h5-13,17-18,22H,14-16H2,1-4H3,(H,26,28). The first-order chi connectivity index (χ1) is 15.0.